The molecule has 188 valence electrons. The topological polar surface area (TPSA) is 70.5 Å². The van der Waals surface area contributed by atoms with Gasteiger partial charge in [0.05, 0.1) is 31.2 Å². The zero-order valence-electron chi connectivity index (χ0n) is 19.8. The molecule has 2 rings (SSSR count). The Kier molecular flexibility index (Phi) is 11.8. The van der Waals surface area contributed by atoms with Crippen molar-refractivity contribution in [3.05, 3.63) is 42.2 Å². The van der Waals surface area contributed by atoms with Crippen molar-refractivity contribution >= 4 is 5.97 Å². The SMILES string of the molecule is CCCCCCCCCCOc1cnc(-c2ccc(C(=O)OC(COC)C(F)(F)F)cc2)nc1. The third-order valence-corrected chi connectivity index (χ3v) is 5.21. The van der Waals surface area contributed by atoms with Gasteiger partial charge in [0.2, 0.25) is 6.10 Å². The largest absolute Gasteiger partial charge is 0.490 e. The van der Waals surface area contributed by atoms with Crippen LogP contribution in [-0.2, 0) is 9.47 Å². The molecule has 1 aromatic carbocycles. The number of carbonyl (C=O) groups is 1. The summed E-state index contributed by atoms with van der Waals surface area (Å²) in [5.41, 5.74) is 0.592. The van der Waals surface area contributed by atoms with Crippen LogP contribution in [0, 0.1) is 0 Å². The van der Waals surface area contributed by atoms with Gasteiger partial charge in [-0.1, -0.05) is 64.0 Å². The van der Waals surface area contributed by atoms with E-state index in [1.165, 1.54) is 50.7 Å². The van der Waals surface area contributed by atoms with Crippen LogP contribution in [0.1, 0.15) is 68.6 Å². The molecule has 2 aromatic rings. The Labute approximate surface area is 198 Å². The summed E-state index contributed by atoms with van der Waals surface area (Å²) in [7, 11) is 1.11. The first-order valence-electron chi connectivity index (χ1n) is 11.7. The number of hydrogen-bond acceptors (Lipinski definition) is 6. The number of nitrogens with zero attached hydrogens (tertiary/aromatic N) is 2. The van der Waals surface area contributed by atoms with E-state index < -0.39 is 24.9 Å². The number of benzene rings is 1. The highest BCUT2D eigenvalue weighted by Crippen LogP contribution is 2.25. The summed E-state index contributed by atoms with van der Waals surface area (Å²) >= 11 is 0. The number of halogens is 3. The molecule has 0 aliphatic heterocycles. The van der Waals surface area contributed by atoms with Gasteiger partial charge in [-0.2, -0.15) is 13.2 Å². The van der Waals surface area contributed by atoms with Crippen LogP contribution in [0.25, 0.3) is 11.4 Å². The van der Waals surface area contributed by atoms with Gasteiger partial charge in [0.15, 0.2) is 11.6 Å². The van der Waals surface area contributed by atoms with Gasteiger partial charge in [-0.25, -0.2) is 14.8 Å². The van der Waals surface area contributed by atoms with Gasteiger partial charge in [0.25, 0.3) is 0 Å². The Hall–Kier alpha value is -2.68. The average molecular weight is 483 g/mol. The van der Waals surface area contributed by atoms with Crippen molar-refractivity contribution in [2.45, 2.75) is 70.6 Å². The molecule has 0 spiro atoms. The van der Waals surface area contributed by atoms with E-state index in [9.17, 15) is 18.0 Å². The molecular formula is C25H33F3N2O4. The second-order valence-electron chi connectivity index (χ2n) is 8.03. The minimum atomic E-state index is -4.71. The van der Waals surface area contributed by atoms with E-state index in [0.717, 1.165) is 20.0 Å². The van der Waals surface area contributed by atoms with Crippen LogP contribution in [0.5, 0.6) is 5.75 Å². The second-order valence-corrected chi connectivity index (χ2v) is 8.03. The molecule has 1 heterocycles. The molecule has 0 N–H and O–H groups in total. The molecular weight excluding hydrogens is 449 g/mol. The summed E-state index contributed by atoms with van der Waals surface area (Å²) in [4.78, 5) is 20.6. The minimum Gasteiger partial charge on any atom is -0.490 e. The molecule has 1 aromatic heterocycles. The smallest absolute Gasteiger partial charge is 0.427 e. The molecule has 0 fully saturated rings. The van der Waals surface area contributed by atoms with Crippen molar-refractivity contribution in [2.24, 2.45) is 0 Å². The highest BCUT2D eigenvalue weighted by Gasteiger charge is 2.43. The number of hydrogen-bond donors (Lipinski definition) is 0. The van der Waals surface area contributed by atoms with Crippen LogP contribution >= 0.6 is 0 Å². The predicted octanol–water partition coefficient (Wildman–Crippen LogP) is 6.40. The summed E-state index contributed by atoms with van der Waals surface area (Å²) in [6, 6.07) is 5.83. The first kappa shape index (κ1) is 27.6. The van der Waals surface area contributed by atoms with Crippen LogP contribution in [0.3, 0.4) is 0 Å². The van der Waals surface area contributed by atoms with Crippen LogP contribution in [0.15, 0.2) is 36.7 Å². The minimum absolute atomic E-state index is 0.0144. The maximum absolute atomic E-state index is 12.9. The van der Waals surface area contributed by atoms with Gasteiger partial charge in [-0.05, 0) is 18.6 Å². The second kappa shape index (κ2) is 14.6. The normalized spacial score (nSPS) is 12.4. The molecule has 0 aliphatic carbocycles. The predicted molar refractivity (Wildman–Crippen MR) is 123 cm³/mol. The lowest BCUT2D eigenvalue weighted by atomic mass is 10.1. The standard InChI is InChI=1S/C25H33F3N2O4/c1-3-4-5-6-7-8-9-10-15-33-21-16-29-23(30-17-21)19-11-13-20(14-12-19)24(31)34-22(18-32-2)25(26,27)28/h11-14,16-17,22H,3-10,15,18H2,1-2H3. The van der Waals surface area contributed by atoms with Crippen molar-refractivity contribution in [1.29, 1.82) is 0 Å². The molecule has 0 bridgehead atoms. The molecule has 0 aliphatic rings. The van der Waals surface area contributed by atoms with Crippen molar-refractivity contribution in [3.8, 4) is 17.1 Å². The van der Waals surface area contributed by atoms with E-state index in [0.29, 0.717) is 23.7 Å². The van der Waals surface area contributed by atoms with E-state index in [-0.39, 0.29) is 5.56 Å². The van der Waals surface area contributed by atoms with Gasteiger partial charge < -0.3 is 14.2 Å². The average Bonchev–Trinajstić information content (AvgIpc) is 2.82. The molecule has 9 heteroatoms. The van der Waals surface area contributed by atoms with Crippen molar-refractivity contribution in [2.75, 3.05) is 20.3 Å². The zero-order valence-corrected chi connectivity index (χ0v) is 19.8. The van der Waals surface area contributed by atoms with Crippen LogP contribution in [0.2, 0.25) is 0 Å². The van der Waals surface area contributed by atoms with E-state index >= 15 is 0 Å². The molecule has 6 nitrogen and oxygen atoms in total. The van der Waals surface area contributed by atoms with Crippen molar-refractivity contribution < 1.29 is 32.2 Å². The fourth-order valence-electron chi connectivity index (χ4n) is 3.27. The summed E-state index contributed by atoms with van der Waals surface area (Å²) < 4.78 is 53.4. The Morgan fingerprint density at radius 2 is 1.53 bits per heavy atom. The maximum Gasteiger partial charge on any atom is 0.427 e. The molecule has 1 atom stereocenters. The first-order chi connectivity index (χ1) is 16.3. The first-order valence-corrected chi connectivity index (χ1v) is 11.7. The third kappa shape index (κ3) is 9.67. The number of rotatable bonds is 15. The van der Waals surface area contributed by atoms with Gasteiger partial charge in [0.1, 0.15) is 0 Å². The van der Waals surface area contributed by atoms with Crippen LogP contribution in [-0.4, -0.2) is 48.5 Å². The van der Waals surface area contributed by atoms with Gasteiger partial charge >= 0.3 is 12.1 Å². The lowest BCUT2D eigenvalue weighted by molar-refractivity contribution is -0.215. The highest BCUT2D eigenvalue weighted by atomic mass is 19.4. The monoisotopic (exact) mass is 482 g/mol. The third-order valence-electron chi connectivity index (χ3n) is 5.21. The molecule has 34 heavy (non-hydrogen) atoms. The molecule has 0 saturated heterocycles. The summed E-state index contributed by atoms with van der Waals surface area (Å²) in [6.07, 6.45) is 5.90. The zero-order chi connectivity index (χ0) is 24.8. The molecule has 1 unspecified atom stereocenters. The van der Waals surface area contributed by atoms with Crippen LogP contribution < -0.4 is 4.74 Å². The Morgan fingerprint density at radius 1 is 0.941 bits per heavy atom. The summed E-state index contributed by atoms with van der Waals surface area (Å²) in [5.74, 6) is -0.105. The van der Waals surface area contributed by atoms with E-state index in [4.69, 9.17) is 4.74 Å². The molecule has 0 saturated carbocycles. The van der Waals surface area contributed by atoms with Crippen LogP contribution in [0.4, 0.5) is 13.2 Å². The number of esters is 1. The van der Waals surface area contributed by atoms with Crippen molar-refractivity contribution in [1.82, 2.24) is 9.97 Å². The lowest BCUT2D eigenvalue weighted by Crippen LogP contribution is -2.37. The number of ether oxygens (including phenoxy) is 3. The highest BCUT2D eigenvalue weighted by molar-refractivity contribution is 5.90. The Bertz CT molecular complexity index is 843. The van der Waals surface area contributed by atoms with Gasteiger partial charge in [-0.3, -0.25) is 0 Å². The van der Waals surface area contributed by atoms with Gasteiger partial charge in [0, 0.05) is 12.7 Å². The lowest BCUT2D eigenvalue weighted by Gasteiger charge is -2.19. The Balaban J connectivity index is 1.79. The Morgan fingerprint density at radius 3 is 2.09 bits per heavy atom. The fourth-order valence-corrected chi connectivity index (χ4v) is 3.27. The van der Waals surface area contributed by atoms with E-state index in [1.807, 2.05) is 0 Å². The van der Waals surface area contributed by atoms with Gasteiger partial charge in [-0.15, -0.1) is 0 Å². The number of carbonyl (C=O) groups excluding carboxylic acids is 1. The maximum atomic E-state index is 12.9. The summed E-state index contributed by atoms with van der Waals surface area (Å²) in [6.45, 7) is 2.05. The fraction of sp³-hybridized carbons (Fsp3) is 0.560. The number of unbranched alkanes of at least 4 members (excludes halogenated alkanes) is 7. The molecule has 0 radical (unpaired) electrons. The quantitative estimate of drug-likeness (QED) is 0.216. The van der Waals surface area contributed by atoms with E-state index in [2.05, 4.69) is 26.4 Å². The number of aromatic nitrogens is 2. The number of alkyl halides is 3. The molecule has 0 amide bonds. The van der Waals surface area contributed by atoms with E-state index in [1.54, 1.807) is 24.5 Å². The number of methoxy groups -OCH3 is 1. The summed E-state index contributed by atoms with van der Waals surface area (Å²) in [5, 5.41) is 0. The van der Waals surface area contributed by atoms with Crippen molar-refractivity contribution in [3.63, 3.8) is 0 Å².